The van der Waals surface area contributed by atoms with E-state index in [2.05, 4.69) is 20.6 Å². The van der Waals surface area contributed by atoms with Crippen LogP contribution in [0.15, 0.2) is 94.8 Å². The van der Waals surface area contributed by atoms with Crippen molar-refractivity contribution in [2.45, 2.75) is 112 Å². The number of para-hydroxylation sites is 2. The van der Waals surface area contributed by atoms with Crippen molar-refractivity contribution >= 4 is 45.0 Å². The topological polar surface area (TPSA) is 164 Å². The van der Waals surface area contributed by atoms with E-state index in [0.717, 1.165) is 23.3 Å². The van der Waals surface area contributed by atoms with Crippen molar-refractivity contribution in [2.75, 3.05) is 10.6 Å². The van der Waals surface area contributed by atoms with Gasteiger partial charge in [0.2, 0.25) is 10.9 Å². The van der Waals surface area contributed by atoms with Gasteiger partial charge in [-0.15, -0.1) is 0 Å². The number of phenolic OH excluding ortho intramolecular Hbond substituents is 2. The number of hydrogen-bond donors (Lipinski definition) is 6. The number of fused-ring (bicyclic) bond motifs is 2. The minimum atomic E-state index is -3.58. The van der Waals surface area contributed by atoms with Gasteiger partial charge in [0, 0.05) is 70.0 Å². The van der Waals surface area contributed by atoms with E-state index >= 15 is 0 Å². The number of carbonyl (C=O) groups is 2. The molecule has 0 bridgehead atoms. The molecule has 0 radical (unpaired) electrons. The molecule has 0 aliphatic carbocycles. The van der Waals surface area contributed by atoms with Crippen LogP contribution in [-0.2, 0) is 21.7 Å². The van der Waals surface area contributed by atoms with Gasteiger partial charge in [-0.2, -0.15) is 0 Å². The van der Waals surface area contributed by atoms with Crippen LogP contribution in [0, 0.1) is 0 Å². The highest BCUT2D eigenvalue weighted by Crippen LogP contribution is 2.41. The van der Waals surface area contributed by atoms with Crippen LogP contribution in [-0.4, -0.2) is 32.0 Å². The molecule has 0 aliphatic heterocycles. The van der Waals surface area contributed by atoms with Crippen LogP contribution < -0.4 is 21.5 Å². The van der Waals surface area contributed by atoms with Crippen molar-refractivity contribution in [1.29, 1.82) is 0 Å². The molecule has 10 nitrogen and oxygen atoms in total. The Morgan fingerprint density at radius 2 is 0.881 bits per heavy atom. The molecule has 312 valence electrons. The highest BCUT2D eigenvalue weighted by Gasteiger charge is 2.28. The third kappa shape index (κ3) is 9.94. The molecule has 0 saturated heterocycles. The summed E-state index contributed by atoms with van der Waals surface area (Å²) in [4.78, 5) is 57.6. The summed E-state index contributed by atoms with van der Waals surface area (Å²) in [5.41, 5.74) is -3.26. The van der Waals surface area contributed by atoms with Crippen LogP contribution in [0.1, 0.15) is 146 Å². The average Bonchev–Trinajstić information content (AvgIpc) is 3.16. The first-order chi connectivity index (χ1) is 30.5. The lowest BCUT2D eigenvalue weighted by Gasteiger charge is -2.28. The number of amides is 2. The first-order valence-corrected chi connectivity index (χ1v) is 18.6. The second-order valence-electron chi connectivity index (χ2n) is 17.4. The van der Waals surface area contributed by atoms with Crippen molar-refractivity contribution in [2.24, 2.45) is 0 Å². The van der Waals surface area contributed by atoms with Gasteiger partial charge in [0.15, 0.2) is 0 Å². The zero-order valence-electron chi connectivity index (χ0n) is 43.1. The number of nitrogens with one attached hydrogen (secondary N) is 4. The average molecular weight is 810 g/mol. The number of aromatic amines is 2. The zero-order valence-corrected chi connectivity index (χ0v) is 34.1. The number of aromatic hydroxyl groups is 2. The molecule has 6 N–H and O–H groups in total. The van der Waals surface area contributed by atoms with Gasteiger partial charge in [0.05, 0.1) is 0 Å². The van der Waals surface area contributed by atoms with Crippen LogP contribution in [0.4, 0.5) is 11.4 Å². The number of anilines is 2. The SMILES string of the molecule is C.CC(C)(C)c1cc(C(C)(C)C)c(NC(=O)c2c[nH]c3ccccc3c2=O)cc1O.[2H]C([2H])([2H])C(c1cc(C(C)(C)C)c(NC(=O)c2c[nH]c3ccccc3c2=O)cc1O)(C([2H])([2H])[2H])C([2H])([2H])[2H]. The molecular weight excluding hydrogens is 741 g/mol. The van der Waals surface area contributed by atoms with Crippen LogP contribution in [0.5, 0.6) is 11.5 Å². The molecule has 6 aromatic rings. The van der Waals surface area contributed by atoms with Crippen molar-refractivity contribution in [3.05, 3.63) is 139 Å². The van der Waals surface area contributed by atoms with Gasteiger partial charge in [-0.05, 0) is 80.3 Å². The normalized spacial score (nSPS) is 14.9. The number of pyridine rings is 2. The van der Waals surface area contributed by atoms with Crippen LogP contribution in [0.3, 0.4) is 0 Å². The van der Waals surface area contributed by atoms with Crippen molar-refractivity contribution < 1.29 is 32.1 Å². The summed E-state index contributed by atoms with van der Waals surface area (Å²) >= 11 is 0. The lowest BCUT2D eigenvalue weighted by molar-refractivity contribution is 0.101. The maximum Gasteiger partial charge on any atom is 0.261 e. The van der Waals surface area contributed by atoms with E-state index in [1.54, 1.807) is 69.3 Å². The van der Waals surface area contributed by atoms with Gasteiger partial charge in [-0.25, -0.2) is 0 Å². The summed E-state index contributed by atoms with van der Waals surface area (Å²) in [6, 6.07) is 19.1. The summed E-state index contributed by atoms with van der Waals surface area (Å²) in [6.07, 6.45) is 2.66. The summed E-state index contributed by atoms with van der Waals surface area (Å²) in [7, 11) is 0. The molecule has 2 heterocycles. The summed E-state index contributed by atoms with van der Waals surface area (Å²) in [6.45, 7) is 6.48. The Morgan fingerprint density at radius 1 is 0.542 bits per heavy atom. The molecule has 0 saturated carbocycles. The highest BCUT2D eigenvalue weighted by molar-refractivity contribution is 6.07. The second-order valence-corrected chi connectivity index (χ2v) is 17.4. The predicted molar refractivity (Wildman–Crippen MR) is 243 cm³/mol. The number of aromatic nitrogens is 2. The largest absolute Gasteiger partial charge is 0.508 e. The number of H-pyrrole nitrogens is 2. The predicted octanol–water partition coefficient (Wildman–Crippen LogP) is 10.8. The van der Waals surface area contributed by atoms with Gasteiger partial charge in [0.25, 0.3) is 11.8 Å². The first-order valence-electron chi connectivity index (χ1n) is 23.1. The number of hydrogen-bond acceptors (Lipinski definition) is 6. The van der Waals surface area contributed by atoms with Crippen LogP contribution >= 0.6 is 0 Å². The van der Waals surface area contributed by atoms with E-state index in [9.17, 15) is 29.4 Å². The maximum absolute atomic E-state index is 13.1. The molecule has 10 heteroatoms. The van der Waals surface area contributed by atoms with Gasteiger partial charge >= 0.3 is 0 Å². The fourth-order valence-electron chi connectivity index (χ4n) is 6.58. The Labute approximate surface area is 359 Å². The lowest BCUT2D eigenvalue weighted by atomic mass is 9.79. The van der Waals surface area contributed by atoms with E-state index in [4.69, 9.17) is 12.3 Å². The zero-order chi connectivity index (χ0) is 50.6. The van der Waals surface area contributed by atoms with Gasteiger partial charge < -0.3 is 30.8 Å². The van der Waals surface area contributed by atoms with Crippen LogP contribution in [0.25, 0.3) is 21.8 Å². The fourth-order valence-corrected chi connectivity index (χ4v) is 6.58. The molecule has 0 fully saturated rings. The van der Waals surface area contributed by atoms with Gasteiger partial charge in [-0.1, -0.05) is 115 Å². The quantitative estimate of drug-likeness (QED) is 0.104. The fraction of sp³-hybridized carbons (Fsp3) is 0.347. The number of rotatable bonds is 4. The van der Waals surface area contributed by atoms with Gasteiger partial charge in [0.1, 0.15) is 22.6 Å². The van der Waals surface area contributed by atoms with E-state index in [1.807, 2.05) is 53.7 Å². The minimum absolute atomic E-state index is 0. The molecule has 2 aromatic heterocycles. The molecule has 4 aromatic carbocycles. The molecule has 6 rings (SSSR count). The first kappa shape index (κ1) is 33.8. The Bertz CT molecular complexity index is 2970. The van der Waals surface area contributed by atoms with Crippen molar-refractivity contribution in [3.63, 3.8) is 0 Å². The number of phenols is 2. The minimum Gasteiger partial charge on any atom is -0.508 e. The Morgan fingerprint density at radius 3 is 1.22 bits per heavy atom. The maximum atomic E-state index is 13.1. The third-order valence-electron chi connectivity index (χ3n) is 9.66. The monoisotopic (exact) mass is 810 g/mol. The molecule has 2 amide bonds. The Hall–Kier alpha value is -6.16. The molecule has 0 spiro atoms. The smallest absolute Gasteiger partial charge is 0.261 e. The number of benzene rings is 4. The summed E-state index contributed by atoms with van der Waals surface area (Å²) in [5, 5.41) is 27.6. The molecule has 59 heavy (non-hydrogen) atoms. The van der Waals surface area contributed by atoms with E-state index in [-0.39, 0.29) is 57.2 Å². The van der Waals surface area contributed by atoms with Gasteiger partial charge in [-0.3, -0.25) is 19.2 Å². The van der Waals surface area contributed by atoms with Crippen molar-refractivity contribution in [3.8, 4) is 11.5 Å². The molecular formula is C49H60N4O6. The number of carbonyl (C=O) groups excluding carboxylic acids is 2. The molecule has 0 unspecified atom stereocenters. The standard InChI is InChI=1S/2C24H28N2O3.CH4/c2*1-23(2,3)16-11-17(24(4,5)6)20(27)12-19(16)26-22(29)15-13-25-18-10-8-7-9-14(18)21(15)28;/h2*7-13,27H,1-6H3,(H,25,28)(H,26,29);1H4/i4D3,5D3,6D3;;. The van der Waals surface area contributed by atoms with Crippen molar-refractivity contribution in [1.82, 2.24) is 9.97 Å². The van der Waals surface area contributed by atoms with E-state index in [0.29, 0.717) is 22.1 Å². The van der Waals surface area contributed by atoms with E-state index in [1.165, 1.54) is 12.4 Å². The highest BCUT2D eigenvalue weighted by atomic mass is 16.3. The van der Waals surface area contributed by atoms with E-state index < -0.39 is 59.9 Å². The van der Waals surface area contributed by atoms with Crippen LogP contribution in [0.2, 0.25) is 0 Å². The summed E-state index contributed by atoms with van der Waals surface area (Å²) < 4.78 is 71.7. The lowest BCUT2D eigenvalue weighted by Crippen LogP contribution is -2.25. The Kier molecular flexibility index (Phi) is 9.50. The molecule has 0 aliphatic rings. The summed E-state index contributed by atoms with van der Waals surface area (Å²) in [5.74, 6) is -2.17. The molecule has 0 atom stereocenters. The third-order valence-corrected chi connectivity index (χ3v) is 9.66. The second kappa shape index (κ2) is 16.6. The Balaban J connectivity index is 0.000000302.